The summed E-state index contributed by atoms with van der Waals surface area (Å²) >= 11 is 1.50. The minimum atomic E-state index is -0.318. The zero-order valence-electron chi connectivity index (χ0n) is 14.5. The van der Waals surface area contributed by atoms with Gasteiger partial charge in [0, 0.05) is 16.0 Å². The highest BCUT2D eigenvalue weighted by molar-refractivity contribution is 7.16. The number of ether oxygens (including phenoxy) is 1. The lowest BCUT2D eigenvalue weighted by atomic mass is 10.1. The van der Waals surface area contributed by atoms with E-state index in [1.165, 1.54) is 11.3 Å². The van der Waals surface area contributed by atoms with Crippen LogP contribution < -0.4 is 5.32 Å². The van der Waals surface area contributed by atoms with E-state index in [2.05, 4.69) is 28.5 Å². The molecule has 0 aliphatic carbocycles. The van der Waals surface area contributed by atoms with Crippen molar-refractivity contribution < 1.29 is 9.53 Å². The number of nitrogens with zero attached hydrogens (tertiary/aromatic N) is 1. The second-order valence-corrected chi connectivity index (χ2v) is 6.82. The minimum Gasteiger partial charge on any atom is -0.462 e. The van der Waals surface area contributed by atoms with E-state index in [-0.39, 0.29) is 5.97 Å². The number of benzene rings is 2. The summed E-state index contributed by atoms with van der Waals surface area (Å²) in [5, 5.41) is 6.18. The predicted octanol–water partition coefficient (Wildman–Crippen LogP) is 5.47. The Morgan fingerprint density at radius 3 is 2.76 bits per heavy atom. The van der Waals surface area contributed by atoms with Crippen molar-refractivity contribution >= 4 is 45.1 Å². The van der Waals surface area contributed by atoms with E-state index in [0.717, 1.165) is 26.9 Å². The fraction of sp³-hybridized carbons (Fsp3) is 0.200. The van der Waals surface area contributed by atoms with Crippen molar-refractivity contribution in [1.82, 2.24) is 0 Å². The number of carbonyl (C=O) groups excluding carboxylic acids is 1. The van der Waals surface area contributed by atoms with E-state index in [1.807, 2.05) is 38.1 Å². The molecule has 1 heterocycles. The first-order chi connectivity index (χ1) is 12.1. The lowest BCUT2D eigenvalue weighted by Gasteiger charge is -2.05. The summed E-state index contributed by atoms with van der Waals surface area (Å²) in [6.07, 6.45) is 1.63. The van der Waals surface area contributed by atoms with Crippen molar-refractivity contribution in [2.75, 3.05) is 11.9 Å². The van der Waals surface area contributed by atoms with Crippen LogP contribution in [0.25, 0.3) is 10.8 Å². The van der Waals surface area contributed by atoms with E-state index in [9.17, 15) is 4.79 Å². The molecule has 0 bridgehead atoms. The van der Waals surface area contributed by atoms with Crippen LogP contribution in [-0.2, 0) is 4.74 Å². The zero-order valence-corrected chi connectivity index (χ0v) is 15.3. The van der Waals surface area contributed by atoms with Gasteiger partial charge in [-0.1, -0.05) is 36.4 Å². The number of hydrogen-bond donors (Lipinski definition) is 1. The van der Waals surface area contributed by atoms with Crippen LogP contribution >= 0.6 is 11.3 Å². The van der Waals surface area contributed by atoms with Crippen molar-refractivity contribution in [1.29, 1.82) is 0 Å². The van der Waals surface area contributed by atoms with Gasteiger partial charge in [0.25, 0.3) is 0 Å². The maximum Gasteiger partial charge on any atom is 0.341 e. The number of esters is 1. The first kappa shape index (κ1) is 17.2. The molecule has 2 aromatic carbocycles. The van der Waals surface area contributed by atoms with Gasteiger partial charge in [-0.15, -0.1) is 11.3 Å². The molecule has 0 fully saturated rings. The number of anilines is 1. The maximum absolute atomic E-state index is 12.2. The van der Waals surface area contributed by atoms with E-state index >= 15 is 0 Å². The third-order valence-corrected chi connectivity index (χ3v) is 5.15. The molecular formula is C20H20N2O2S. The second-order valence-electron chi connectivity index (χ2n) is 5.61. The summed E-state index contributed by atoms with van der Waals surface area (Å²) in [7, 11) is 0. The van der Waals surface area contributed by atoms with Crippen LogP contribution in [0.5, 0.6) is 0 Å². The molecule has 0 saturated carbocycles. The van der Waals surface area contributed by atoms with Crippen LogP contribution in [0.2, 0.25) is 0 Å². The van der Waals surface area contributed by atoms with E-state index in [1.54, 1.807) is 13.3 Å². The van der Waals surface area contributed by atoms with Crippen LogP contribution in [0.4, 0.5) is 10.7 Å². The summed E-state index contributed by atoms with van der Waals surface area (Å²) in [6, 6.07) is 14.2. The van der Waals surface area contributed by atoms with Gasteiger partial charge >= 0.3 is 5.97 Å². The van der Waals surface area contributed by atoms with Crippen LogP contribution in [0.15, 0.2) is 47.5 Å². The number of aryl methyl sites for hydroxylation is 1. The summed E-state index contributed by atoms with van der Waals surface area (Å²) in [5.41, 5.74) is 2.46. The quantitative estimate of drug-likeness (QED) is 0.376. The summed E-state index contributed by atoms with van der Waals surface area (Å²) in [4.78, 5) is 17.7. The lowest BCUT2D eigenvalue weighted by Crippen LogP contribution is -2.05. The smallest absolute Gasteiger partial charge is 0.341 e. The number of fused-ring (bicyclic) bond motifs is 1. The number of hydrogen-bond acceptors (Lipinski definition) is 4. The average Bonchev–Trinajstić information content (AvgIpc) is 2.89. The third kappa shape index (κ3) is 3.56. The van der Waals surface area contributed by atoms with Crippen molar-refractivity contribution in [3.63, 3.8) is 0 Å². The Morgan fingerprint density at radius 2 is 1.96 bits per heavy atom. The Morgan fingerprint density at radius 1 is 1.20 bits per heavy atom. The van der Waals surface area contributed by atoms with Gasteiger partial charge in [-0.25, -0.2) is 9.79 Å². The summed E-state index contributed by atoms with van der Waals surface area (Å²) in [5.74, 6) is -0.318. The first-order valence-electron chi connectivity index (χ1n) is 8.15. The molecule has 0 aliphatic rings. The predicted molar refractivity (Wildman–Crippen MR) is 105 cm³/mol. The molecule has 0 atom stereocenters. The number of rotatable bonds is 5. The molecule has 4 nitrogen and oxygen atoms in total. The number of carbonyl (C=O) groups is 1. The second kappa shape index (κ2) is 7.49. The van der Waals surface area contributed by atoms with E-state index in [0.29, 0.717) is 17.2 Å². The van der Waals surface area contributed by atoms with Crippen molar-refractivity contribution in [2.24, 2.45) is 4.99 Å². The molecule has 0 spiro atoms. The molecule has 0 aliphatic heterocycles. The highest BCUT2D eigenvalue weighted by atomic mass is 32.1. The van der Waals surface area contributed by atoms with Crippen LogP contribution in [0.1, 0.15) is 27.7 Å². The fourth-order valence-corrected chi connectivity index (χ4v) is 3.64. The topological polar surface area (TPSA) is 50.7 Å². The minimum absolute atomic E-state index is 0.318. The molecule has 128 valence electrons. The highest BCUT2D eigenvalue weighted by Crippen LogP contribution is 2.35. The highest BCUT2D eigenvalue weighted by Gasteiger charge is 2.20. The molecule has 0 saturated heterocycles. The third-order valence-electron chi connectivity index (χ3n) is 4.04. The van der Waals surface area contributed by atoms with Gasteiger partial charge in [-0.05, 0) is 37.8 Å². The van der Waals surface area contributed by atoms with E-state index < -0.39 is 0 Å². The van der Waals surface area contributed by atoms with Gasteiger partial charge in [0.15, 0.2) is 0 Å². The fourth-order valence-electron chi connectivity index (χ4n) is 2.66. The Hall–Kier alpha value is -2.66. The van der Waals surface area contributed by atoms with Gasteiger partial charge < -0.3 is 10.1 Å². The Bertz CT molecular complexity index is 939. The molecule has 0 amide bonds. The molecule has 0 unspecified atom stereocenters. The molecular weight excluding hydrogens is 332 g/mol. The molecule has 3 rings (SSSR count). The monoisotopic (exact) mass is 352 g/mol. The van der Waals surface area contributed by atoms with Gasteiger partial charge in [-0.2, -0.15) is 0 Å². The van der Waals surface area contributed by atoms with Gasteiger partial charge in [-0.3, -0.25) is 0 Å². The van der Waals surface area contributed by atoms with Crippen LogP contribution in [0, 0.1) is 13.8 Å². The Labute approximate surface area is 151 Å². The molecule has 1 aromatic heterocycles. The number of nitrogens with one attached hydrogen (secondary N) is 1. The zero-order chi connectivity index (χ0) is 17.8. The van der Waals surface area contributed by atoms with Crippen molar-refractivity contribution in [3.05, 3.63) is 58.5 Å². The molecule has 3 aromatic rings. The normalized spacial score (nSPS) is 11.2. The van der Waals surface area contributed by atoms with Gasteiger partial charge in [0.05, 0.1) is 18.5 Å². The average molecular weight is 352 g/mol. The van der Waals surface area contributed by atoms with Gasteiger partial charge in [0.2, 0.25) is 0 Å². The van der Waals surface area contributed by atoms with Crippen LogP contribution in [0.3, 0.4) is 0 Å². The SMILES string of the molecule is CCOC(=O)c1c(/N=C/Nc2cccc3ccccc23)sc(C)c1C. The molecule has 5 heteroatoms. The first-order valence-corrected chi connectivity index (χ1v) is 8.97. The summed E-state index contributed by atoms with van der Waals surface area (Å²) < 4.78 is 5.16. The molecule has 0 radical (unpaired) electrons. The Balaban J connectivity index is 1.87. The standard InChI is InChI=1S/C20H20N2O2S/c1-4-24-20(23)18-13(2)14(3)25-19(18)22-12-21-17-11-7-9-15-8-5-6-10-16(15)17/h5-12H,4H2,1-3H3,(H,21,22). The van der Waals surface area contributed by atoms with Gasteiger partial charge in [0.1, 0.15) is 5.00 Å². The Kier molecular flexibility index (Phi) is 5.14. The number of aliphatic imine (C=N–C) groups is 1. The van der Waals surface area contributed by atoms with Crippen LogP contribution in [-0.4, -0.2) is 18.9 Å². The summed E-state index contributed by atoms with van der Waals surface area (Å²) in [6.45, 7) is 6.07. The van der Waals surface area contributed by atoms with E-state index in [4.69, 9.17) is 4.74 Å². The maximum atomic E-state index is 12.2. The number of thiophene rings is 1. The largest absolute Gasteiger partial charge is 0.462 e. The molecule has 25 heavy (non-hydrogen) atoms. The lowest BCUT2D eigenvalue weighted by molar-refractivity contribution is 0.0527. The van der Waals surface area contributed by atoms with Crippen molar-refractivity contribution in [2.45, 2.75) is 20.8 Å². The van der Waals surface area contributed by atoms with Crippen molar-refractivity contribution in [3.8, 4) is 0 Å². The molecule has 1 N–H and O–H groups in total.